The van der Waals surface area contributed by atoms with Crippen LogP contribution in [0.15, 0.2) is 109 Å². The van der Waals surface area contributed by atoms with Gasteiger partial charge in [-0.25, -0.2) is 4.39 Å². The number of benzene rings is 4. The van der Waals surface area contributed by atoms with Crippen molar-refractivity contribution in [2.75, 3.05) is 40.3 Å². The number of rotatable bonds is 12. The van der Waals surface area contributed by atoms with Crippen LogP contribution in [0, 0.1) is 29.5 Å². The Morgan fingerprint density at radius 1 is 0.614 bits per heavy atom. The van der Waals surface area contributed by atoms with Gasteiger partial charge in [-0.2, -0.15) is 13.2 Å². The molecule has 0 fully saturated rings. The molecule has 0 radical (unpaired) electrons. The number of carboxylic acid groups (broad SMARTS) is 2. The second kappa shape index (κ2) is 22.0. The number of nitrogens with zero attached hydrogens (tertiary/aromatic N) is 2. The topological polar surface area (TPSA) is 81.1 Å². The van der Waals surface area contributed by atoms with E-state index in [0.29, 0.717) is 36.1 Å². The lowest BCUT2D eigenvalue weighted by molar-refractivity contribution is -0.138. The lowest BCUT2D eigenvalue weighted by Gasteiger charge is -2.12. The Bertz CT molecular complexity index is 2110. The van der Waals surface area contributed by atoms with E-state index in [0.717, 1.165) is 34.4 Å². The van der Waals surface area contributed by atoms with Crippen molar-refractivity contribution in [3.8, 4) is 23.7 Å². The molecule has 0 bridgehead atoms. The van der Waals surface area contributed by atoms with Crippen molar-refractivity contribution in [1.29, 1.82) is 0 Å². The Labute approximate surface area is 333 Å². The lowest BCUT2D eigenvalue weighted by Crippen LogP contribution is -2.25. The summed E-state index contributed by atoms with van der Waals surface area (Å²) in [6.07, 6.45) is -0.819. The molecule has 0 aliphatic heterocycles. The number of carbonyl (C=O) groups is 2. The summed E-state index contributed by atoms with van der Waals surface area (Å²) in [5.41, 5.74) is 6.01. The van der Waals surface area contributed by atoms with Crippen molar-refractivity contribution in [1.82, 2.24) is 9.80 Å². The van der Waals surface area contributed by atoms with Gasteiger partial charge >= 0.3 is 18.1 Å². The molecule has 0 aromatic heterocycles. The van der Waals surface area contributed by atoms with Gasteiger partial charge < -0.3 is 10.2 Å². The normalized spacial score (nSPS) is 11.8. The minimum atomic E-state index is -4.41. The van der Waals surface area contributed by atoms with Crippen LogP contribution < -0.4 is 0 Å². The van der Waals surface area contributed by atoms with Crippen molar-refractivity contribution >= 4 is 23.1 Å². The zero-order chi connectivity index (χ0) is 42.1. The Hall–Kier alpha value is -5.94. The van der Waals surface area contributed by atoms with Crippen LogP contribution in [0.25, 0.3) is 11.1 Å². The Morgan fingerprint density at radius 2 is 0.965 bits per heavy atom. The van der Waals surface area contributed by atoms with Crippen LogP contribution in [-0.4, -0.2) is 72.2 Å². The van der Waals surface area contributed by atoms with Crippen LogP contribution in [0.5, 0.6) is 0 Å². The smallest absolute Gasteiger partial charge is 0.416 e. The fourth-order valence-electron chi connectivity index (χ4n) is 5.22. The largest absolute Gasteiger partial charge is 0.480 e. The average molecular weight is 781 g/mol. The standard InChI is InChI=1S/C24H24F3NO2.C23H24FNO2/c1-17(2)19-7-4-18(5-8-19)6-9-21(14-15-28(3)16-23(29)30)20-10-12-22(13-11-20)24(25,26)27;1-17(2)19-7-4-18(5-8-19)6-9-21(14-15-25(3)16-23(26)27)20-10-12-22(24)13-11-20/h4-5,7-8,10-14,17H,15-16H2,1-3H3,(H,29,30);4-5,7-8,10-14,17H,15-16H2,1-3H3,(H,26,27). The van der Waals surface area contributed by atoms with Crippen LogP contribution >= 0.6 is 0 Å². The fourth-order valence-corrected chi connectivity index (χ4v) is 5.22. The lowest BCUT2D eigenvalue weighted by atomic mass is 10.0. The van der Waals surface area contributed by atoms with E-state index >= 15 is 0 Å². The van der Waals surface area contributed by atoms with Gasteiger partial charge in [-0.05, 0) is 96.7 Å². The van der Waals surface area contributed by atoms with Crippen molar-refractivity contribution < 1.29 is 37.4 Å². The van der Waals surface area contributed by atoms with Gasteiger partial charge in [0, 0.05) is 35.4 Å². The second-order valence-electron chi connectivity index (χ2n) is 14.1. The molecule has 0 saturated heterocycles. The molecule has 4 aromatic carbocycles. The Kier molecular flexibility index (Phi) is 17.5. The number of alkyl halides is 3. The highest BCUT2D eigenvalue weighted by atomic mass is 19.4. The van der Waals surface area contributed by atoms with E-state index in [1.807, 2.05) is 42.5 Å². The molecule has 6 nitrogen and oxygen atoms in total. The van der Waals surface area contributed by atoms with E-state index in [2.05, 4.69) is 63.5 Å². The molecule has 298 valence electrons. The first-order valence-corrected chi connectivity index (χ1v) is 18.3. The highest BCUT2D eigenvalue weighted by Crippen LogP contribution is 2.30. The van der Waals surface area contributed by atoms with Gasteiger partial charge in [-0.15, -0.1) is 0 Å². The molecule has 0 saturated carbocycles. The molecule has 0 aliphatic rings. The number of aliphatic carboxylic acids is 2. The van der Waals surface area contributed by atoms with E-state index in [1.54, 1.807) is 42.1 Å². The molecule has 0 unspecified atom stereocenters. The fraction of sp³-hybridized carbons (Fsp3) is 0.277. The van der Waals surface area contributed by atoms with Crippen LogP contribution in [-0.2, 0) is 15.8 Å². The van der Waals surface area contributed by atoms with Gasteiger partial charge in [0.2, 0.25) is 0 Å². The van der Waals surface area contributed by atoms with Crippen LogP contribution in [0.3, 0.4) is 0 Å². The molecule has 4 rings (SSSR count). The van der Waals surface area contributed by atoms with Crippen molar-refractivity contribution in [2.24, 2.45) is 0 Å². The molecule has 2 N–H and O–H groups in total. The molecule has 0 spiro atoms. The third kappa shape index (κ3) is 16.4. The molecular weight excluding hydrogens is 733 g/mol. The maximum absolute atomic E-state index is 13.2. The maximum atomic E-state index is 13.2. The predicted octanol–water partition coefficient (Wildman–Crippen LogP) is 9.68. The van der Waals surface area contributed by atoms with E-state index in [1.165, 1.54) is 35.4 Å². The summed E-state index contributed by atoms with van der Waals surface area (Å²) >= 11 is 0. The number of carboxylic acids is 2. The average Bonchev–Trinajstić information content (AvgIpc) is 3.15. The number of allylic oxidation sites excluding steroid dienone is 2. The zero-order valence-electron chi connectivity index (χ0n) is 33.0. The summed E-state index contributed by atoms with van der Waals surface area (Å²) in [4.78, 5) is 24.9. The summed E-state index contributed by atoms with van der Waals surface area (Å²) < 4.78 is 51.8. The summed E-state index contributed by atoms with van der Waals surface area (Å²) in [5.74, 6) is 11.1. The van der Waals surface area contributed by atoms with E-state index in [9.17, 15) is 27.2 Å². The summed E-state index contributed by atoms with van der Waals surface area (Å²) in [7, 11) is 3.37. The molecule has 0 amide bonds. The van der Waals surface area contributed by atoms with Crippen molar-refractivity contribution in [3.63, 3.8) is 0 Å². The van der Waals surface area contributed by atoms with Gasteiger partial charge in [0.15, 0.2) is 0 Å². The molecule has 4 aromatic rings. The third-order valence-corrected chi connectivity index (χ3v) is 8.54. The first-order chi connectivity index (χ1) is 26.9. The predicted molar refractivity (Wildman–Crippen MR) is 219 cm³/mol. The van der Waals surface area contributed by atoms with Gasteiger partial charge in [0.05, 0.1) is 18.7 Å². The van der Waals surface area contributed by atoms with Crippen LogP contribution in [0.2, 0.25) is 0 Å². The number of halogens is 4. The molecule has 10 heteroatoms. The summed E-state index contributed by atoms with van der Waals surface area (Å²) in [6, 6.07) is 26.8. The monoisotopic (exact) mass is 780 g/mol. The zero-order valence-corrected chi connectivity index (χ0v) is 33.0. The van der Waals surface area contributed by atoms with Crippen LogP contribution in [0.1, 0.15) is 78.5 Å². The maximum Gasteiger partial charge on any atom is 0.416 e. The minimum Gasteiger partial charge on any atom is -0.480 e. The highest BCUT2D eigenvalue weighted by Gasteiger charge is 2.30. The van der Waals surface area contributed by atoms with E-state index in [4.69, 9.17) is 10.2 Å². The summed E-state index contributed by atoms with van der Waals surface area (Å²) in [6.45, 7) is 8.99. The van der Waals surface area contributed by atoms with Gasteiger partial charge in [0.1, 0.15) is 5.82 Å². The molecule has 57 heavy (non-hydrogen) atoms. The molecular formula is C47H48F4N2O4. The SMILES string of the molecule is CC(C)c1ccc(C#CC(=CCN(C)CC(=O)O)c2ccc(C(F)(F)F)cc2)cc1.CC(C)c1ccc(C#CC(=CCN(C)CC(=O)O)c2ccc(F)cc2)cc1. The van der Waals surface area contributed by atoms with Gasteiger partial charge in [-0.1, -0.05) is 112 Å². The number of hydrogen-bond acceptors (Lipinski definition) is 4. The van der Waals surface area contributed by atoms with Gasteiger partial charge in [0.25, 0.3) is 0 Å². The first kappa shape index (κ1) is 45.4. The summed E-state index contributed by atoms with van der Waals surface area (Å²) in [5, 5.41) is 17.8. The second-order valence-corrected chi connectivity index (χ2v) is 14.1. The third-order valence-electron chi connectivity index (χ3n) is 8.54. The number of hydrogen-bond donors (Lipinski definition) is 2. The Morgan fingerprint density at radius 3 is 1.28 bits per heavy atom. The van der Waals surface area contributed by atoms with Crippen molar-refractivity contribution in [2.45, 2.75) is 45.7 Å². The van der Waals surface area contributed by atoms with Gasteiger partial charge in [-0.3, -0.25) is 19.4 Å². The number of likely N-dealkylation sites (N-methyl/N-ethyl adjacent to an activating group) is 2. The first-order valence-electron chi connectivity index (χ1n) is 18.3. The van der Waals surface area contributed by atoms with E-state index in [-0.39, 0.29) is 18.9 Å². The molecule has 0 aliphatic carbocycles. The van der Waals surface area contributed by atoms with Crippen molar-refractivity contribution in [3.05, 3.63) is 154 Å². The quantitative estimate of drug-likeness (QED) is 0.110. The molecule has 0 atom stereocenters. The Balaban J connectivity index is 0.000000307. The minimum absolute atomic E-state index is 0.0582. The van der Waals surface area contributed by atoms with Crippen LogP contribution in [0.4, 0.5) is 17.6 Å². The molecule has 0 heterocycles. The van der Waals surface area contributed by atoms with E-state index < -0.39 is 23.7 Å². The highest BCUT2D eigenvalue weighted by molar-refractivity contribution is 5.81.